The van der Waals surface area contributed by atoms with E-state index in [1.54, 1.807) is 0 Å². The van der Waals surface area contributed by atoms with Gasteiger partial charge in [0.25, 0.3) is 0 Å². The number of rotatable bonds is 5. The smallest absolute Gasteiger partial charge is 0.00818 e. The van der Waals surface area contributed by atoms with Gasteiger partial charge in [0.05, 0.1) is 0 Å². The Hall–Kier alpha value is -0.820. The third-order valence-electron chi connectivity index (χ3n) is 4.69. The molecule has 2 rings (SSSR count). The fourth-order valence-electron chi connectivity index (χ4n) is 3.45. The highest BCUT2D eigenvalue weighted by Crippen LogP contribution is 2.26. The summed E-state index contributed by atoms with van der Waals surface area (Å²) < 4.78 is 0. The summed E-state index contributed by atoms with van der Waals surface area (Å²) in [6, 6.07) is 9.99. The Labute approximate surface area is 118 Å². The Morgan fingerprint density at radius 2 is 1.79 bits per heavy atom. The molecule has 0 aromatic heterocycles. The van der Waals surface area contributed by atoms with Gasteiger partial charge in [-0.25, -0.2) is 0 Å². The van der Waals surface area contributed by atoms with E-state index in [0.717, 1.165) is 12.3 Å². The number of benzene rings is 1. The molecule has 1 fully saturated rings. The monoisotopic (exact) mass is 259 g/mol. The molecule has 1 nitrogen and oxygen atoms in total. The zero-order chi connectivity index (χ0) is 13.7. The summed E-state index contributed by atoms with van der Waals surface area (Å²) in [6.07, 6.45) is 8.30. The number of hydrogen-bond donors (Lipinski definition) is 1. The lowest BCUT2D eigenvalue weighted by atomic mass is 9.84. The van der Waals surface area contributed by atoms with Crippen LogP contribution in [0.25, 0.3) is 0 Å². The predicted molar refractivity (Wildman–Crippen MR) is 83.5 cm³/mol. The number of nitrogens with one attached hydrogen (secondary N) is 1. The van der Waals surface area contributed by atoms with Crippen LogP contribution < -0.4 is 5.32 Å². The van der Waals surface area contributed by atoms with Gasteiger partial charge in [0.1, 0.15) is 0 Å². The molecule has 2 atom stereocenters. The summed E-state index contributed by atoms with van der Waals surface area (Å²) in [6.45, 7) is 6.92. The van der Waals surface area contributed by atoms with Crippen molar-refractivity contribution in [2.24, 2.45) is 5.92 Å². The summed E-state index contributed by atoms with van der Waals surface area (Å²) in [4.78, 5) is 0. The molecule has 1 aliphatic carbocycles. The lowest BCUT2D eigenvalue weighted by Crippen LogP contribution is -2.41. The van der Waals surface area contributed by atoms with Crippen LogP contribution in [0.1, 0.15) is 57.1 Å². The van der Waals surface area contributed by atoms with E-state index in [-0.39, 0.29) is 0 Å². The molecular weight excluding hydrogens is 230 g/mol. The molecule has 1 saturated carbocycles. The standard InChI is InChI=1S/C18H29N/c1-14-9-7-8-12-18(14)13-15(2)19-16(3)17-10-5-4-6-11-17/h7-9,12,15-17,19H,4-6,10-11,13H2,1-3H3. The van der Waals surface area contributed by atoms with Gasteiger partial charge in [-0.2, -0.15) is 0 Å². The van der Waals surface area contributed by atoms with E-state index >= 15 is 0 Å². The van der Waals surface area contributed by atoms with E-state index in [2.05, 4.69) is 50.4 Å². The van der Waals surface area contributed by atoms with Gasteiger partial charge in [-0.3, -0.25) is 0 Å². The van der Waals surface area contributed by atoms with Gasteiger partial charge in [-0.15, -0.1) is 0 Å². The quantitative estimate of drug-likeness (QED) is 0.822. The molecular formula is C18H29N. The molecule has 0 spiro atoms. The molecule has 0 aliphatic heterocycles. The molecule has 1 heteroatoms. The van der Waals surface area contributed by atoms with Crippen molar-refractivity contribution in [2.75, 3.05) is 0 Å². The van der Waals surface area contributed by atoms with E-state index in [9.17, 15) is 0 Å². The second-order valence-corrected chi connectivity index (χ2v) is 6.39. The molecule has 0 radical (unpaired) electrons. The number of aryl methyl sites for hydroxylation is 1. The topological polar surface area (TPSA) is 12.0 Å². The molecule has 1 aliphatic rings. The molecule has 106 valence electrons. The van der Waals surface area contributed by atoms with Crippen molar-refractivity contribution in [3.8, 4) is 0 Å². The molecule has 0 bridgehead atoms. The minimum Gasteiger partial charge on any atom is -0.311 e. The van der Waals surface area contributed by atoms with E-state index < -0.39 is 0 Å². The van der Waals surface area contributed by atoms with Crippen molar-refractivity contribution >= 4 is 0 Å². The average Bonchev–Trinajstić information content (AvgIpc) is 2.42. The van der Waals surface area contributed by atoms with Crippen LogP contribution in [-0.2, 0) is 6.42 Å². The van der Waals surface area contributed by atoms with Gasteiger partial charge in [0, 0.05) is 12.1 Å². The van der Waals surface area contributed by atoms with E-state index in [0.29, 0.717) is 12.1 Å². The number of hydrogen-bond acceptors (Lipinski definition) is 1. The largest absolute Gasteiger partial charge is 0.311 e. The summed E-state index contributed by atoms with van der Waals surface area (Å²) in [7, 11) is 0. The van der Waals surface area contributed by atoms with Crippen LogP contribution in [-0.4, -0.2) is 12.1 Å². The fourth-order valence-corrected chi connectivity index (χ4v) is 3.45. The Morgan fingerprint density at radius 1 is 1.11 bits per heavy atom. The van der Waals surface area contributed by atoms with Crippen molar-refractivity contribution in [3.63, 3.8) is 0 Å². The average molecular weight is 259 g/mol. The SMILES string of the molecule is Cc1ccccc1CC(C)NC(C)C1CCCCC1. The minimum atomic E-state index is 0.568. The van der Waals surface area contributed by atoms with E-state index in [1.165, 1.54) is 43.2 Å². The summed E-state index contributed by atoms with van der Waals surface area (Å²) in [5.74, 6) is 0.896. The van der Waals surface area contributed by atoms with Crippen LogP contribution in [0.2, 0.25) is 0 Å². The van der Waals surface area contributed by atoms with Crippen LogP contribution in [0.4, 0.5) is 0 Å². The summed E-state index contributed by atoms with van der Waals surface area (Å²) in [5.41, 5.74) is 2.90. The predicted octanol–water partition coefficient (Wildman–Crippen LogP) is 4.48. The van der Waals surface area contributed by atoms with Crippen molar-refractivity contribution in [3.05, 3.63) is 35.4 Å². The second-order valence-electron chi connectivity index (χ2n) is 6.39. The summed E-state index contributed by atoms with van der Waals surface area (Å²) in [5, 5.41) is 3.83. The maximum atomic E-state index is 3.83. The van der Waals surface area contributed by atoms with Gasteiger partial charge in [0.15, 0.2) is 0 Å². The van der Waals surface area contributed by atoms with Crippen LogP contribution in [0.3, 0.4) is 0 Å². The van der Waals surface area contributed by atoms with Gasteiger partial charge < -0.3 is 5.32 Å². The van der Waals surface area contributed by atoms with Gasteiger partial charge in [-0.05, 0) is 57.1 Å². The molecule has 1 aromatic rings. The van der Waals surface area contributed by atoms with Crippen LogP contribution in [0, 0.1) is 12.8 Å². The zero-order valence-electron chi connectivity index (χ0n) is 12.8. The van der Waals surface area contributed by atoms with Crippen LogP contribution in [0.15, 0.2) is 24.3 Å². The maximum absolute atomic E-state index is 3.83. The maximum Gasteiger partial charge on any atom is 0.00818 e. The van der Waals surface area contributed by atoms with Crippen molar-refractivity contribution in [1.29, 1.82) is 0 Å². The van der Waals surface area contributed by atoms with E-state index in [4.69, 9.17) is 0 Å². The molecule has 1 aromatic carbocycles. The third kappa shape index (κ3) is 4.35. The normalized spacial score (nSPS) is 20.2. The highest BCUT2D eigenvalue weighted by atomic mass is 14.9. The highest BCUT2D eigenvalue weighted by Gasteiger charge is 2.21. The highest BCUT2D eigenvalue weighted by molar-refractivity contribution is 5.26. The molecule has 2 unspecified atom stereocenters. The van der Waals surface area contributed by atoms with Gasteiger partial charge in [-0.1, -0.05) is 43.5 Å². The third-order valence-corrected chi connectivity index (χ3v) is 4.69. The fraction of sp³-hybridized carbons (Fsp3) is 0.667. The molecule has 1 N–H and O–H groups in total. The molecule has 0 heterocycles. The van der Waals surface area contributed by atoms with Crippen molar-refractivity contribution in [1.82, 2.24) is 5.32 Å². The Bertz CT molecular complexity index is 379. The lowest BCUT2D eigenvalue weighted by molar-refractivity contribution is 0.267. The van der Waals surface area contributed by atoms with Crippen molar-refractivity contribution < 1.29 is 0 Å². The van der Waals surface area contributed by atoms with Gasteiger partial charge >= 0.3 is 0 Å². The summed E-state index contributed by atoms with van der Waals surface area (Å²) >= 11 is 0. The first kappa shape index (κ1) is 14.6. The Balaban J connectivity index is 1.83. The van der Waals surface area contributed by atoms with Crippen LogP contribution in [0.5, 0.6) is 0 Å². The Kier molecular flexibility index (Phi) is 5.45. The van der Waals surface area contributed by atoms with Gasteiger partial charge in [0.2, 0.25) is 0 Å². The van der Waals surface area contributed by atoms with Crippen LogP contribution >= 0.6 is 0 Å². The first-order valence-corrected chi connectivity index (χ1v) is 7.97. The molecule has 0 amide bonds. The minimum absolute atomic E-state index is 0.568. The molecule has 0 saturated heterocycles. The zero-order valence-corrected chi connectivity index (χ0v) is 12.8. The first-order valence-electron chi connectivity index (χ1n) is 7.97. The van der Waals surface area contributed by atoms with E-state index in [1.807, 2.05) is 0 Å². The second kappa shape index (κ2) is 7.09. The first-order chi connectivity index (χ1) is 9.16. The Morgan fingerprint density at radius 3 is 2.47 bits per heavy atom. The lowest BCUT2D eigenvalue weighted by Gasteiger charge is -2.31. The van der Waals surface area contributed by atoms with Crippen molar-refractivity contribution in [2.45, 2.75) is 71.4 Å². The molecule has 19 heavy (non-hydrogen) atoms.